The van der Waals surface area contributed by atoms with Gasteiger partial charge >= 0.3 is 0 Å². The van der Waals surface area contributed by atoms with E-state index >= 15 is 0 Å². The van der Waals surface area contributed by atoms with E-state index < -0.39 is 0 Å². The summed E-state index contributed by atoms with van der Waals surface area (Å²) in [5.74, 6) is 0.681. The zero-order valence-corrected chi connectivity index (χ0v) is 12.3. The number of aromatic nitrogens is 4. The molecule has 0 aliphatic heterocycles. The van der Waals surface area contributed by atoms with Crippen LogP contribution < -0.4 is 5.32 Å². The normalized spacial score (nSPS) is 10.7. The molecule has 0 spiro atoms. The molecule has 0 amide bonds. The van der Waals surface area contributed by atoms with E-state index in [1.54, 1.807) is 12.4 Å². The second-order valence-electron chi connectivity index (χ2n) is 4.62. The van der Waals surface area contributed by atoms with Crippen LogP contribution in [-0.4, -0.2) is 19.9 Å². The van der Waals surface area contributed by atoms with E-state index in [4.69, 9.17) is 0 Å². The van der Waals surface area contributed by atoms with E-state index in [-0.39, 0.29) is 0 Å². The van der Waals surface area contributed by atoms with Gasteiger partial charge in [-0.05, 0) is 24.3 Å². The van der Waals surface area contributed by atoms with Gasteiger partial charge in [-0.25, -0.2) is 9.97 Å². The lowest BCUT2D eigenvalue weighted by Gasteiger charge is -2.02. The molecule has 6 heteroatoms. The fourth-order valence-electron chi connectivity index (χ4n) is 2.09. The van der Waals surface area contributed by atoms with Crippen molar-refractivity contribution in [3.8, 4) is 11.4 Å². The largest absolute Gasteiger partial charge is 0.315 e. The lowest BCUT2D eigenvalue weighted by atomic mass is 10.3. The highest BCUT2D eigenvalue weighted by Gasteiger charge is 2.06. The molecular formula is C16H11N5S. The summed E-state index contributed by atoms with van der Waals surface area (Å²) in [4.78, 5) is 17.7. The number of hydrogen-bond acceptors (Lipinski definition) is 6. The topological polar surface area (TPSA) is 63.6 Å². The number of fused-ring (bicyclic) bond motifs is 1. The molecule has 3 heterocycles. The van der Waals surface area contributed by atoms with Crippen molar-refractivity contribution < 1.29 is 0 Å². The predicted octanol–water partition coefficient (Wildman–Crippen LogP) is 3.89. The first-order valence-electron chi connectivity index (χ1n) is 6.74. The second kappa shape index (κ2) is 5.50. The average molecular weight is 305 g/mol. The Bertz CT molecular complexity index is 920. The van der Waals surface area contributed by atoms with Crippen LogP contribution in [0.25, 0.3) is 22.4 Å². The Morgan fingerprint density at radius 2 is 1.68 bits per heavy atom. The van der Waals surface area contributed by atoms with Gasteiger partial charge in [0.25, 0.3) is 0 Å². The van der Waals surface area contributed by atoms with Crippen molar-refractivity contribution in [1.82, 2.24) is 19.9 Å². The van der Waals surface area contributed by atoms with Crippen LogP contribution in [0.15, 0.2) is 60.2 Å². The van der Waals surface area contributed by atoms with Crippen molar-refractivity contribution in [2.45, 2.75) is 0 Å². The zero-order chi connectivity index (χ0) is 14.8. The molecule has 106 valence electrons. The lowest BCUT2D eigenvalue weighted by Crippen LogP contribution is -1.95. The molecule has 0 bridgehead atoms. The standard InChI is InChI=1S/C16H11N5S/c1-2-7-13-11(5-1)18-9-15(19-13)21-16-20-14(10-22-16)12-6-3-4-8-17-12/h1-10H,(H,19,20,21). The Morgan fingerprint density at radius 3 is 2.55 bits per heavy atom. The molecule has 0 aliphatic rings. The van der Waals surface area contributed by atoms with E-state index in [9.17, 15) is 0 Å². The molecule has 0 fully saturated rings. The summed E-state index contributed by atoms with van der Waals surface area (Å²) >= 11 is 1.51. The number of pyridine rings is 1. The van der Waals surface area contributed by atoms with Crippen LogP contribution >= 0.6 is 11.3 Å². The van der Waals surface area contributed by atoms with E-state index in [1.165, 1.54) is 11.3 Å². The number of benzene rings is 1. The highest BCUT2D eigenvalue weighted by atomic mass is 32.1. The number of rotatable bonds is 3. The highest BCUT2D eigenvalue weighted by molar-refractivity contribution is 7.14. The molecule has 0 radical (unpaired) electrons. The molecule has 5 nitrogen and oxygen atoms in total. The van der Waals surface area contributed by atoms with Crippen LogP contribution in [0, 0.1) is 0 Å². The average Bonchev–Trinajstić information content (AvgIpc) is 3.04. The summed E-state index contributed by atoms with van der Waals surface area (Å²) in [6.45, 7) is 0. The lowest BCUT2D eigenvalue weighted by molar-refractivity contribution is 1.25. The van der Waals surface area contributed by atoms with Gasteiger partial charge in [-0.3, -0.25) is 9.97 Å². The van der Waals surface area contributed by atoms with Gasteiger partial charge in [0.2, 0.25) is 0 Å². The first kappa shape index (κ1) is 12.8. The maximum atomic E-state index is 4.53. The van der Waals surface area contributed by atoms with Gasteiger partial charge in [0, 0.05) is 11.6 Å². The Balaban J connectivity index is 1.61. The smallest absolute Gasteiger partial charge is 0.188 e. The molecule has 0 aliphatic carbocycles. The van der Waals surface area contributed by atoms with E-state index in [1.807, 2.05) is 47.8 Å². The minimum absolute atomic E-state index is 0.681. The van der Waals surface area contributed by atoms with Gasteiger partial charge in [0.05, 0.1) is 22.9 Å². The highest BCUT2D eigenvalue weighted by Crippen LogP contribution is 2.25. The Labute approximate surface area is 130 Å². The van der Waals surface area contributed by atoms with Gasteiger partial charge < -0.3 is 5.32 Å². The van der Waals surface area contributed by atoms with Crippen LogP contribution in [-0.2, 0) is 0 Å². The molecule has 3 aromatic heterocycles. The maximum Gasteiger partial charge on any atom is 0.188 e. The number of anilines is 2. The van der Waals surface area contributed by atoms with Crippen molar-refractivity contribution in [3.63, 3.8) is 0 Å². The number of para-hydroxylation sites is 2. The quantitative estimate of drug-likeness (QED) is 0.622. The fourth-order valence-corrected chi connectivity index (χ4v) is 2.80. The van der Waals surface area contributed by atoms with Crippen molar-refractivity contribution in [2.24, 2.45) is 0 Å². The monoisotopic (exact) mass is 305 g/mol. The molecule has 4 rings (SSSR count). The molecule has 1 aromatic carbocycles. The predicted molar refractivity (Wildman–Crippen MR) is 88.2 cm³/mol. The van der Waals surface area contributed by atoms with Crippen LogP contribution in [0.2, 0.25) is 0 Å². The van der Waals surface area contributed by atoms with Crippen molar-refractivity contribution >= 4 is 33.3 Å². The third kappa shape index (κ3) is 2.51. The Hall–Kier alpha value is -2.86. The summed E-state index contributed by atoms with van der Waals surface area (Å²) in [6.07, 6.45) is 3.47. The van der Waals surface area contributed by atoms with Gasteiger partial charge in [-0.1, -0.05) is 18.2 Å². The summed E-state index contributed by atoms with van der Waals surface area (Å²) in [5.41, 5.74) is 3.44. The molecule has 4 aromatic rings. The van der Waals surface area contributed by atoms with Gasteiger partial charge in [0.15, 0.2) is 10.9 Å². The van der Waals surface area contributed by atoms with Crippen LogP contribution in [0.4, 0.5) is 10.9 Å². The molecule has 1 N–H and O–H groups in total. The second-order valence-corrected chi connectivity index (χ2v) is 5.48. The minimum atomic E-state index is 0.681. The number of nitrogens with zero attached hydrogens (tertiary/aromatic N) is 4. The first-order chi connectivity index (χ1) is 10.9. The third-order valence-electron chi connectivity index (χ3n) is 3.12. The molecule has 0 atom stereocenters. The molecule has 0 saturated carbocycles. The summed E-state index contributed by atoms with van der Waals surface area (Å²) < 4.78 is 0. The van der Waals surface area contributed by atoms with Gasteiger partial charge in [-0.15, -0.1) is 11.3 Å². The molecule has 0 saturated heterocycles. The fraction of sp³-hybridized carbons (Fsp3) is 0. The summed E-state index contributed by atoms with van der Waals surface area (Å²) in [5, 5.41) is 5.93. The van der Waals surface area contributed by atoms with Gasteiger partial charge in [0.1, 0.15) is 5.69 Å². The van der Waals surface area contributed by atoms with Crippen LogP contribution in [0.5, 0.6) is 0 Å². The zero-order valence-electron chi connectivity index (χ0n) is 11.5. The van der Waals surface area contributed by atoms with Crippen molar-refractivity contribution in [3.05, 3.63) is 60.2 Å². The maximum absolute atomic E-state index is 4.53. The Morgan fingerprint density at radius 1 is 0.818 bits per heavy atom. The number of hydrogen-bond donors (Lipinski definition) is 1. The summed E-state index contributed by atoms with van der Waals surface area (Å²) in [7, 11) is 0. The minimum Gasteiger partial charge on any atom is -0.315 e. The number of thiazole rings is 1. The van der Waals surface area contributed by atoms with Gasteiger partial charge in [-0.2, -0.15) is 0 Å². The van der Waals surface area contributed by atoms with Crippen LogP contribution in [0.3, 0.4) is 0 Å². The SMILES string of the molecule is c1ccc(-c2csc(Nc3cnc4ccccc4n3)n2)nc1. The van der Waals surface area contributed by atoms with Crippen molar-refractivity contribution in [1.29, 1.82) is 0 Å². The summed E-state index contributed by atoms with van der Waals surface area (Å²) in [6, 6.07) is 13.6. The Kier molecular flexibility index (Phi) is 3.21. The third-order valence-corrected chi connectivity index (χ3v) is 3.87. The molecular weight excluding hydrogens is 294 g/mol. The number of nitrogens with one attached hydrogen (secondary N) is 1. The molecule has 0 unspecified atom stereocenters. The van der Waals surface area contributed by atoms with E-state index in [0.717, 1.165) is 27.6 Å². The first-order valence-corrected chi connectivity index (χ1v) is 7.62. The van der Waals surface area contributed by atoms with Crippen LogP contribution in [0.1, 0.15) is 0 Å². The van der Waals surface area contributed by atoms with Crippen molar-refractivity contribution in [2.75, 3.05) is 5.32 Å². The van der Waals surface area contributed by atoms with E-state index in [2.05, 4.69) is 25.3 Å². The molecule has 22 heavy (non-hydrogen) atoms. The van der Waals surface area contributed by atoms with E-state index in [0.29, 0.717) is 5.82 Å².